The number of ether oxygens (including phenoxy) is 1. The number of anilines is 2. The van der Waals surface area contributed by atoms with E-state index in [0.29, 0.717) is 53.8 Å². The maximum absolute atomic E-state index is 9.94. The van der Waals surface area contributed by atoms with Crippen LogP contribution >= 0.6 is 11.8 Å². The van der Waals surface area contributed by atoms with Crippen LogP contribution in [0.5, 0.6) is 0 Å². The van der Waals surface area contributed by atoms with Crippen molar-refractivity contribution >= 4 is 23.3 Å². The lowest BCUT2D eigenvalue weighted by molar-refractivity contribution is 0.0418. The lowest BCUT2D eigenvalue weighted by Gasteiger charge is -2.34. The van der Waals surface area contributed by atoms with Gasteiger partial charge in [0.2, 0.25) is 0 Å². The van der Waals surface area contributed by atoms with Crippen molar-refractivity contribution in [3.05, 3.63) is 46.5 Å². The number of nitrogens with zero attached hydrogens (tertiary/aromatic N) is 5. The Morgan fingerprint density at radius 1 is 1.22 bits per heavy atom. The summed E-state index contributed by atoms with van der Waals surface area (Å²) in [5, 5.41) is 30.8. The van der Waals surface area contributed by atoms with Crippen molar-refractivity contribution in [2.45, 2.75) is 44.1 Å². The lowest BCUT2D eigenvalue weighted by Crippen LogP contribution is -2.47. The van der Waals surface area contributed by atoms with Crippen LogP contribution in [-0.4, -0.2) is 63.6 Å². The van der Waals surface area contributed by atoms with E-state index in [4.69, 9.17) is 14.8 Å². The smallest absolute Gasteiger partial charge is 0.148 e. The molecule has 9 heteroatoms. The molecule has 3 rings (SSSR count). The number of likely N-dealkylation sites (N-methyl/N-ethyl adjacent to an activating group) is 1. The van der Waals surface area contributed by atoms with Crippen LogP contribution in [-0.2, 0) is 16.9 Å². The van der Waals surface area contributed by atoms with Crippen LogP contribution in [0.15, 0.2) is 29.3 Å². The van der Waals surface area contributed by atoms with Gasteiger partial charge in [-0.15, -0.1) is 11.8 Å². The van der Waals surface area contributed by atoms with Crippen LogP contribution in [0, 0.1) is 35.2 Å². The normalized spacial score (nSPS) is 14.0. The summed E-state index contributed by atoms with van der Waals surface area (Å²) >= 11 is 1.55. The maximum Gasteiger partial charge on any atom is 0.148 e. The van der Waals surface area contributed by atoms with Gasteiger partial charge in [0.1, 0.15) is 29.1 Å². The third-order valence-electron chi connectivity index (χ3n) is 5.52. The van der Waals surface area contributed by atoms with Crippen molar-refractivity contribution in [1.29, 1.82) is 10.5 Å². The second-order valence-electron chi connectivity index (χ2n) is 8.02. The Bertz CT molecular complexity index is 1100. The second-order valence-corrected chi connectivity index (χ2v) is 8.99. The number of pyridine rings is 1. The number of aliphatic hydroxyl groups excluding tert-OH is 1. The van der Waals surface area contributed by atoms with Crippen molar-refractivity contribution in [3.63, 3.8) is 0 Å². The third kappa shape index (κ3) is 8.88. The Hall–Kier alpha value is -3.42. The van der Waals surface area contributed by atoms with Gasteiger partial charge in [-0.2, -0.15) is 10.5 Å². The number of thioether (sulfide) groups is 1. The number of aromatic nitrogens is 1. The number of rotatable bonds is 8. The molecule has 2 N–H and O–H groups in total. The van der Waals surface area contributed by atoms with Crippen molar-refractivity contribution in [3.8, 4) is 24.7 Å². The maximum atomic E-state index is 9.94. The second kappa shape index (κ2) is 17.1. The average Bonchev–Trinajstić information content (AvgIpc) is 2.93. The van der Waals surface area contributed by atoms with Crippen LogP contribution in [0.2, 0.25) is 0 Å². The van der Waals surface area contributed by atoms with Crippen molar-refractivity contribution < 1.29 is 9.84 Å². The minimum absolute atomic E-state index is 0.0362. The van der Waals surface area contributed by atoms with Crippen LogP contribution in [0.1, 0.15) is 43.0 Å². The van der Waals surface area contributed by atoms with E-state index in [1.165, 1.54) is 6.11 Å². The van der Waals surface area contributed by atoms with E-state index in [-0.39, 0.29) is 6.10 Å². The van der Waals surface area contributed by atoms with Gasteiger partial charge < -0.3 is 25.0 Å². The van der Waals surface area contributed by atoms with Crippen LogP contribution < -0.4 is 15.1 Å². The fourth-order valence-electron chi connectivity index (χ4n) is 3.82. The summed E-state index contributed by atoms with van der Waals surface area (Å²) in [6.07, 6.45) is 6.05. The van der Waals surface area contributed by atoms with Gasteiger partial charge >= 0.3 is 0 Å². The highest BCUT2D eigenvalue weighted by Crippen LogP contribution is 2.34. The quantitative estimate of drug-likeness (QED) is 0.390. The molecule has 0 aliphatic carbocycles. The highest BCUT2D eigenvalue weighted by atomic mass is 32.2. The van der Waals surface area contributed by atoms with E-state index in [1.54, 1.807) is 11.8 Å². The Morgan fingerprint density at radius 3 is 2.35 bits per heavy atom. The summed E-state index contributed by atoms with van der Waals surface area (Å²) in [5.74, 6) is 1.37. The fourth-order valence-corrected chi connectivity index (χ4v) is 4.78. The highest BCUT2D eigenvalue weighted by molar-refractivity contribution is 7.98. The molecule has 0 saturated carbocycles. The molecule has 0 amide bonds. The number of morpholine rings is 1. The summed E-state index contributed by atoms with van der Waals surface area (Å²) in [7, 11) is 5.94. The zero-order valence-corrected chi connectivity index (χ0v) is 23.5. The molecule has 1 aromatic heterocycles. The Labute approximate surface area is 226 Å². The first-order chi connectivity index (χ1) is 17.9. The molecular formula is C28H38N6O2S. The van der Waals surface area contributed by atoms with Crippen LogP contribution in [0.4, 0.5) is 11.5 Å². The van der Waals surface area contributed by atoms with Crippen molar-refractivity contribution in [2.75, 3.05) is 57.2 Å². The number of hydrogen-bond acceptors (Lipinski definition) is 9. The molecule has 1 aromatic carbocycles. The van der Waals surface area contributed by atoms with Crippen molar-refractivity contribution in [1.82, 2.24) is 10.3 Å². The van der Waals surface area contributed by atoms with Gasteiger partial charge in [-0.05, 0) is 36.7 Å². The molecule has 2 aromatic rings. The van der Waals surface area contributed by atoms with Gasteiger partial charge in [0.15, 0.2) is 0 Å². The summed E-state index contributed by atoms with van der Waals surface area (Å²) < 4.78 is 5.83. The first kappa shape index (κ1) is 31.6. The van der Waals surface area contributed by atoms with Crippen LogP contribution in [0.3, 0.4) is 0 Å². The highest BCUT2D eigenvalue weighted by Gasteiger charge is 2.27. The Balaban J connectivity index is 0.00000127. The molecule has 1 aliphatic heterocycles. The molecule has 0 bridgehead atoms. The fraction of sp³-hybridized carbons (Fsp3) is 0.464. The molecule has 1 aliphatic rings. The zero-order valence-electron chi connectivity index (χ0n) is 22.7. The number of nitriles is 2. The predicted molar refractivity (Wildman–Crippen MR) is 151 cm³/mol. The molecule has 198 valence electrons. The number of terminal acetylenes is 1. The average molecular weight is 523 g/mol. The minimum atomic E-state index is 0.0362. The van der Waals surface area contributed by atoms with Gasteiger partial charge in [0, 0.05) is 45.2 Å². The Kier molecular flexibility index (Phi) is 14.6. The topological polar surface area (TPSA) is 108 Å². The van der Waals surface area contributed by atoms with E-state index < -0.39 is 0 Å². The van der Waals surface area contributed by atoms with E-state index in [0.717, 1.165) is 23.4 Å². The van der Waals surface area contributed by atoms with Gasteiger partial charge in [-0.1, -0.05) is 39.3 Å². The summed E-state index contributed by atoms with van der Waals surface area (Å²) in [6, 6.07) is 13.0. The van der Waals surface area contributed by atoms with E-state index >= 15 is 0 Å². The van der Waals surface area contributed by atoms with Gasteiger partial charge in [-0.25, -0.2) is 4.98 Å². The largest absolute Gasteiger partial charge is 0.462 e. The number of nitrogens with one attached hydrogen (secondary N) is 1. The summed E-state index contributed by atoms with van der Waals surface area (Å²) in [4.78, 5) is 9.05. The van der Waals surface area contributed by atoms with E-state index in [1.807, 2.05) is 41.9 Å². The molecule has 1 atom stereocenters. The first-order valence-corrected chi connectivity index (χ1v) is 13.3. The number of aliphatic hydroxyl groups is 1. The van der Waals surface area contributed by atoms with Crippen LogP contribution in [0.25, 0.3) is 0 Å². The molecule has 1 saturated heterocycles. The molecule has 0 radical (unpaired) electrons. The zero-order chi connectivity index (χ0) is 27.8. The van der Waals surface area contributed by atoms with Crippen molar-refractivity contribution in [2.24, 2.45) is 0 Å². The monoisotopic (exact) mass is 522 g/mol. The first-order valence-electron chi connectivity index (χ1n) is 12.3. The van der Waals surface area contributed by atoms with Gasteiger partial charge in [0.25, 0.3) is 0 Å². The standard InChI is InChI=1S/C24H30N6OS.C2H2O.C2H6/c1-5-20-21(12-25)23(30-10-11-31-19(15-30)14-27-2)28-24(22(20)13-26)32-16-17-6-8-18(9-7-17)29(3)4;1-2-3;1-2/h6-9,19,27H,5,10-11,14-16H2,1-4H3;1,3H;1-2H3. The molecule has 1 fully saturated rings. The summed E-state index contributed by atoms with van der Waals surface area (Å²) in [5.41, 5.74) is 4.11. The summed E-state index contributed by atoms with van der Waals surface area (Å²) in [6.45, 7) is 8.64. The number of benzene rings is 1. The minimum Gasteiger partial charge on any atom is -0.462 e. The SMILES string of the molecule is C#CO.CC.CCc1c(C#N)c(SCc2ccc(N(C)C)cc2)nc(N2CCOC(CNC)C2)c1C#N. The number of hydrogen-bond donors (Lipinski definition) is 2. The lowest BCUT2D eigenvalue weighted by atomic mass is 10.0. The van der Waals surface area contributed by atoms with Gasteiger partial charge in [0.05, 0.1) is 23.8 Å². The molecular weight excluding hydrogens is 484 g/mol. The molecule has 8 nitrogen and oxygen atoms in total. The van der Waals surface area contributed by atoms with Gasteiger partial charge in [-0.3, -0.25) is 0 Å². The van der Waals surface area contributed by atoms with E-state index in [2.05, 4.69) is 57.9 Å². The van der Waals surface area contributed by atoms with E-state index in [9.17, 15) is 10.5 Å². The molecule has 2 heterocycles. The molecule has 37 heavy (non-hydrogen) atoms. The molecule has 0 spiro atoms. The Morgan fingerprint density at radius 2 is 1.84 bits per heavy atom. The predicted octanol–water partition coefficient (Wildman–Crippen LogP) is 4.15. The molecule has 1 unspecified atom stereocenters. The third-order valence-corrected chi connectivity index (χ3v) is 6.57.